The van der Waals surface area contributed by atoms with Crippen LogP contribution in [0.15, 0.2) is 35.1 Å². The van der Waals surface area contributed by atoms with Crippen molar-refractivity contribution in [2.45, 2.75) is 13.8 Å². The molecule has 1 aromatic carbocycles. The Balaban J connectivity index is 1.84. The minimum absolute atomic E-state index is 0.218. The number of hydrogen-bond donors (Lipinski definition) is 4. The molecule has 0 unspecified atom stereocenters. The Morgan fingerprint density at radius 3 is 2.53 bits per heavy atom. The first-order valence-electron chi connectivity index (χ1n) is 9.69. The lowest BCUT2D eigenvalue weighted by Crippen LogP contribution is -2.14. The van der Waals surface area contributed by atoms with E-state index < -0.39 is 5.91 Å². The average molecular weight is 434 g/mol. The summed E-state index contributed by atoms with van der Waals surface area (Å²) in [7, 11) is 3.05. The van der Waals surface area contributed by atoms with Gasteiger partial charge in [-0.15, -0.1) is 0 Å². The Morgan fingerprint density at radius 1 is 1.09 bits per heavy atom. The maximum atomic E-state index is 12.7. The number of aryl methyl sites for hydroxylation is 3. The minimum Gasteiger partial charge on any atom is -0.494 e. The number of anilines is 4. The van der Waals surface area contributed by atoms with Crippen LogP contribution in [0.5, 0.6) is 5.75 Å². The smallest absolute Gasteiger partial charge is 0.277 e. The number of rotatable bonds is 6. The summed E-state index contributed by atoms with van der Waals surface area (Å²) in [6.07, 6.45) is 0. The number of ether oxygens (including phenoxy) is 1. The van der Waals surface area contributed by atoms with Crippen LogP contribution in [0.25, 0.3) is 11.0 Å². The van der Waals surface area contributed by atoms with Crippen LogP contribution in [-0.2, 0) is 7.05 Å². The largest absolute Gasteiger partial charge is 0.494 e. The van der Waals surface area contributed by atoms with Gasteiger partial charge in [-0.2, -0.15) is 0 Å². The molecule has 0 saturated heterocycles. The fourth-order valence-corrected chi connectivity index (χ4v) is 3.49. The molecule has 0 fully saturated rings. The van der Waals surface area contributed by atoms with Crippen molar-refractivity contribution in [2.75, 3.05) is 17.7 Å². The highest BCUT2D eigenvalue weighted by Gasteiger charge is 2.18. The van der Waals surface area contributed by atoms with Crippen LogP contribution in [0.1, 0.15) is 21.9 Å². The van der Waals surface area contributed by atoms with Gasteiger partial charge in [0.05, 0.1) is 24.0 Å². The fraction of sp³-hybridized carbons (Fsp3) is 0.190. The summed E-state index contributed by atoms with van der Waals surface area (Å²) < 4.78 is 6.74. The van der Waals surface area contributed by atoms with Crippen molar-refractivity contribution < 1.29 is 9.53 Å². The van der Waals surface area contributed by atoms with E-state index in [2.05, 4.69) is 30.7 Å². The van der Waals surface area contributed by atoms with Gasteiger partial charge in [-0.05, 0) is 26.0 Å². The molecule has 3 heterocycles. The van der Waals surface area contributed by atoms with Crippen LogP contribution in [0.2, 0.25) is 0 Å². The molecule has 0 atom stereocenters. The molecule has 0 saturated carbocycles. The molecular formula is C21H22N8O3. The SMILES string of the molecule is COc1c(Nc2cc(Nc3cc(C)nc(C)n3)nc3[nH]n(C)c(=O)c23)cccc1C(N)=O. The third-order valence-corrected chi connectivity index (χ3v) is 4.79. The van der Waals surface area contributed by atoms with Gasteiger partial charge in [0.15, 0.2) is 11.4 Å². The number of para-hydroxylation sites is 1. The van der Waals surface area contributed by atoms with E-state index in [0.717, 1.165) is 5.69 Å². The molecule has 0 aliphatic heterocycles. The van der Waals surface area contributed by atoms with Gasteiger partial charge < -0.3 is 21.1 Å². The molecule has 32 heavy (non-hydrogen) atoms. The number of nitrogens with one attached hydrogen (secondary N) is 3. The first kappa shape index (κ1) is 20.8. The zero-order valence-corrected chi connectivity index (χ0v) is 18.0. The molecule has 3 aromatic heterocycles. The molecule has 0 spiro atoms. The number of aromatic amines is 1. The number of fused-ring (bicyclic) bond motifs is 1. The molecule has 0 aliphatic rings. The van der Waals surface area contributed by atoms with Crippen LogP contribution >= 0.6 is 0 Å². The van der Waals surface area contributed by atoms with E-state index in [1.165, 1.54) is 11.8 Å². The van der Waals surface area contributed by atoms with Crippen molar-refractivity contribution in [1.29, 1.82) is 0 Å². The summed E-state index contributed by atoms with van der Waals surface area (Å²) in [6, 6.07) is 8.43. The Labute approximate surface area is 182 Å². The minimum atomic E-state index is -0.625. The zero-order chi connectivity index (χ0) is 23.0. The molecular weight excluding hydrogens is 412 g/mol. The first-order valence-corrected chi connectivity index (χ1v) is 9.69. The second-order valence-corrected chi connectivity index (χ2v) is 7.20. The average Bonchev–Trinajstić information content (AvgIpc) is 3.00. The van der Waals surface area contributed by atoms with Crippen molar-refractivity contribution in [3.63, 3.8) is 0 Å². The normalized spacial score (nSPS) is 10.9. The topological polar surface area (TPSA) is 153 Å². The summed E-state index contributed by atoms with van der Waals surface area (Å²) in [5.74, 6) is 1.28. The number of pyridine rings is 1. The van der Waals surface area contributed by atoms with Crippen molar-refractivity contribution in [1.82, 2.24) is 24.7 Å². The van der Waals surface area contributed by atoms with Crippen LogP contribution in [0.4, 0.5) is 23.0 Å². The molecule has 164 valence electrons. The van der Waals surface area contributed by atoms with E-state index in [4.69, 9.17) is 10.5 Å². The lowest BCUT2D eigenvalue weighted by molar-refractivity contribution is 0.0997. The number of nitrogens with two attached hydrogens (primary N) is 1. The number of H-pyrrole nitrogens is 1. The van der Waals surface area contributed by atoms with E-state index in [1.807, 2.05) is 6.92 Å². The van der Waals surface area contributed by atoms with E-state index in [0.29, 0.717) is 39.9 Å². The summed E-state index contributed by atoms with van der Waals surface area (Å²) in [4.78, 5) is 37.7. The Hall–Kier alpha value is -4.41. The lowest BCUT2D eigenvalue weighted by atomic mass is 10.1. The highest BCUT2D eigenvalue weighted by atomic mass is 16.5. The molecule has 0 aliphatic carbocycles. The van der Waals surface area contributed by atoms with Crippen molar-refractivity contribution in [3.05, 3.63) is 57.8 Å². The van der Waals surface area contributed by atoms with Crippen molar-refractivity contribution in [2.24, 2.45) is 12.8 Å². The predicted octanol–water partition coefficient (Wildman–Crippen LogP) is 2.26. The van der Waals surface area contributed by atoms with Gasteiger partial charge >= 0.3 is 0 Å². The Bertz CT molecular complexity index is 1390. The lowest BCUT2D eigenvalue weighted by Gasteiger charge is -2.15. The van der Waals surface area contributed by atoms with Gasteiger partial charge in [0, 0.05) is 24.9 Å². The zero-order valence-electron chi connectivity index (χ0n) is 18.0. The first-order chi connectivity index (χ1) is 15.3. The maximum Gasteiger partial charge on any atom is 0.277 e. The standard InChI is InChI=1S/C21H22N8O3/c1-10-8-15(24-11(2)23-10)26-16-9-14(17-20(27-16)28-29(3)21(17)31)25-13-7-5-6-12(19(22)30)18(13)32-4/h5-9H,1-4H3,(H2,22,30)(H3,23,24,25,26,27,28). The second kappa shape index (κ2) is 8.02. The van der Waals surface area contributed by atoms with Gasteiger partial charge in [0.2, 0.25) is 0 Å². The Morgan fingerprint density at radius 2 is 1.84 bits per heavy atom. The van der Waals surface area contributed by atoms with E-state index in [1.54, 1.807) is 44.3 Å². The van der Waals surface area contributed by atoms with Crippen molar-refractivity contribution >= 4 is 40.0 Å². The van der Waals surface area contributed by atoms with Crippen LogP contribution in [0, 0.1) is 13.8 Å². The van der Waals surface area contributed by atoms with Crippen molar-refractivity contribution in [3.8, 4) is 5.75 Å². The highest BCUT2D eigenvalue weighted by Crippen LogP contribution is 2.33. The molecule has 4 aromatic rings. The molecule has 4 rings (SSSR count). The highest BCUT2D eigenvalue weighted by molar-refractivity contribution is 5.99. The quantitative estimate of drug-likeness (QED) is 0.360. The molecule has 11 nitrogen and oxygen atoms in total. The van der Waals surface area contributed by atoms with Gasteiger partial charge in [0.25, 0.3) is 11.5 Å². The number of nitrogens with zero attached hydrogens (tertiary/aromatic N) is 4. The van der Waals surface area contributed by atoms with Crippen LogP contribution < -0.4 is 26.7 Å². The molecule has 11 heteroatoms. The van der Waals surface area contributed by atoms with E-state index in [-0.39, 0.29) is 16.9 Å². The second-order valence-electron chi connectivity index (χ2n) is 7.20. The number of aromatic nitrogens is 5. The molecule has 5 N–H and O–H groups in total. The number of carbonyl (C=O) groups excluding carboxylic acids is 1. The number of methoxy groups -OCH3 is 1. The number of amides is 1. The number of primary amides is 1. The summed E-state index contributed by atoms with van der Waals surface area (Å²) >= 11 is 0. The Kier molecular flexibility index (Phi) is 5.23. The number of hydrogen-bond acceptors (Lipinski definition) is 8. The van der Waals surface area contributed by atoms with Gasteiger partial charge in [-0.3, -0.25) is 19.4 Å². The third kappa shape index (κ3) is 3.83. The fourth-order valence-electron chi connectivity index (χ4n) is 3.49. The summed E-state index contributed by atoms with van der Waals surface area (Å²) in [5, 5.41) is 9.62. The molecule has 0 radical (unpaired) electrons. The van der Waals surface area contributed by atoms with Crippen LogP contribution in [0.3, 0.4) is 0 Å². The van der Waals surface area contributed by atoms with E-state index >= 15 is 0 Å². The van der Waals surface area contributed by atoms with Gasteiger partial charge in [0.1, 0.15) is 22.8 Å². The van der Waals surface area contributed by atoms with Crippen LogP contribution in [-0.4, -0.2) is 37.7 Å². The summed E-state index contributed by atoms with van der Waals surface area (Å²) in [6.45, 7) is 3.67. The third-order valence-electron chi connectivity index (χ3n) is 4.79. The predicted molar refractivity (Wildman–Crippen MR) is 121 cm³/mol. The van der Waals surface area contributed by atoms with Gasteiger partial charge in [-0.1, -0.05) is 6.07 Å². The number of carbonyl (C=O) groups is 1. The monoisotopic (exact) mass is 434 g/mol. The molecule has 1 amide bonds. The van der Waals surface area contributed by atoms with E-state index in [9.17, 15) is 9.59 Å². The maximum absolute atomic E-state index is 12.7. The molecule has 0 bridgehead atoms. The summed E-state index contributed by atoms with van der Waals surface area (Å²) in [5.41, 5.74) is 7.53. The van der Waals surface area contributed by atoms with Gasteiger partial charge in [-0.25, -0.2) is 15.0 Å². The number of benzene rings is 1.